The Morgan fingerprint density at radius 3 is 2.55 bits per heavy atom. The van der Waals surface area contributed by atoms with Crippen molar-refractivity contribution in [1.29, 1.82) is 0 Å². The molecule has 0 aliphatic carbocycles. The van der Waals surface area contributed by atoms with Crippen LogP contribution in [-0.2, 0) is 4.79 Å². The molecule has 0 bridgehead atoms. The van der Waals surface area contributed by atoms with Gasteiger partial charge in [-0.2, -0.15) is 0 Å². The second kappa shape index (κ2) is 5.09. The normalized spacial score (nSPS) is 13.5. The highest BCUT2D eigenvalue weighted by molar-refractivity contribution is 5.70. The molecule has 66 valence electrons. The monoisotopic (exact) mass is 160 g/mol. The van der Waals surface area contributed by atoms with Gasteiger partial charge in [-0.3, -0.25) is 4.79 Å². The second-order valence-corrected chi connectivity index (χ2v) is 2.63. The number of hydrogen-bond acceptors (Lipinski definition) is 3. The molecule has 1 atom stereocenters. The van der Waals surface area contributed by atoms with Crippen molar-refractivity contribution >= 4 is 5.97 Å². The summed E-state index contributed by atoms with van der Waals surface area (Å²) in [4.78, 5) is 12.4. The first-order chi connectivity index (χ1) is 5.11. The van der Waals surface area contributed by atoms with E-state index in [9.17, 15) is 4.79 Å². The molecule has 3 N–H and O–H groups in total. The van der Waals surface area contributed by atoms with Gasteiger partial charge in [-0.05, 0) is 13.6 Å². The SMILES string of the molecule is CCN(C)CC(CN)C(=O)O. The molecule has 0 fully saturated rings. The van der Waals surface area contributed by atoms with Crippen molar-refractivity contribution in [2.75, 3.05) is 26.7 Å². The Labute approximate surface area is 67.0 Å². The Balaban J connectivity index is 3.77. The first kappa shape index (κ1) is 10.4. The summed E-state index contributed by atoms with van der Waals surface area (Å²) in [6.07, 6.45) is 0. The van der Waals surface area contributed by atoms with E-state index in [2.05, 4.69) is 0 Å². The Morgan fingerprint density at radius 2 is 2.27 bits per heavy atom. The van der Waals surface area contributed by atoms with Crippen molar-refractivity contribution < 1.29 is 9.90 Å². The summed E-state index contributed by atoms with van der Waals surface area (Å²) in [6.45, 7) is 3.57. The molecule has 0 aromatic rings. The lowest BCUT2D eigenvalue weighted by molar-refractivity contribution is -0.141. The number of aliphatic carboxylic acids is 1. The number of rotatable bonds is 5. The highest BCUT2D eigenvalue weighted by Crippen LogP contribution is 1.96. The molecule has 0 aliphatic rings. The summed E-state index contributed by atoms with van der Waals surface area (Å²) in [5.41, 5.74) is 5.27. The fourth-order valence-corrected chi connectivity index (χ4v) is 0.759. The summed E-state index contributed by atoms with van der Waals surface area (Å²) in [5, 5.41) is 8.61. The van der Waals surface area contributed by atoms with Crippen LogP contribution in [0.2, 0.25) is 0 Å². The van der Waals surface area contributed by atoms with E-state index >= 15 is 0 Å². The van der Waals surface area contributed by atoms with E-state index in [1.54, 1.807) is 0 Å². The van der Waals surface area contributed by atoms with E-state index in [1.807, 2.05) is 18.9 Å². The number of carboxylic acid groups (broad SMARTS) is 1. The quantitative estimate of drug-likeness (QED) is 0.574. The van der Waals surface area contributed by atoms with E-state index in [-0.39, 0.29) is 6.54 Å². The average Bonchev–Trinajstić information content (AvgIpc) is 1.99. The largest absolute Gasteiger partial charge is 0.481 e. The van der Waals surface area contributed by atoms with Gasteiger partial charge in [-0.1, -0.05) is 6.92 Å². The second-order valence-electron chi connectivity index (χ2n) is 2.63. The first-order valence-corrected chi connectivity index (χ1v) is 3.73. The Morgan fingerprint density at radius 1 is 1.73 bits per heavy atom. The van der Waals surface area contributed by atoms with Crippen LogP contribution in [0.4, 0.5) is 0 Å². The zero-order valence-corrected chi connectivity index (χ0v) is 7.08. The molecule has 0 rings (SSSR count). The summed E-state index contributed by atoms with van der Waals surface area (Å²) in [7, 11) is 1.88. The van der Waals surface area contributed by atoms with Crippen LogP contribution in [-0.4, -0.2) is 42.7 Å². The van der Waals surface area contributed by atoms with Gasteiger partial charge in [-0.15, -0.1) is 0 Å². The number of nitrogens with two attached hydrogens (primary N) is 1. The van der Waals surface area contributed by atoms with E-state index in [1.165, 1.54) is 0 Å². The van der Waals surface area contributed by atoms with Crippen LogP contribution in [0.25, 0.3) is 0 Å². The van der Waals surface area contributed by atoms with Crippen molar-refractivity contribution in [3.05, 3.63) is 0 Å². The summed E-state index contributed by atoms with van der Waals surface area (Å²) in [5.74, 6) is -1.24. The van der Waals surface area contributed by atoms with Gasteiger partial charge >= 0.3 is 5.97 Å². The molecule has 0 amide bonds. The third-order valence-electron chi connectivity index (χ3n) is 1.71. The molecule has 4 nitrogen and oxygen atoms in total. The fourth-order valence-electron chi connectivity index (χ4n) is 0.759. The molecule has 4 heteroatoms. The molecule has 0 saturated heterocycles. The molecule has 0 aliphatic heterocycles. The Hall–Kier alpha value is -0.610. The standard InChI is InChI=1S/C7H16N2O2/c1-3-9(2)5-6(4-8)7(10)11/h6H,3-5,8H2,1-2H3,(H,10,11). The number of carboxylic acids is 1. The lowest BCUT2D eigenvalue weighted by Gasteiger charge is -2.17. The summed E-state index contributed by atoms with van der Waals surface area (Å²) in [6, 6.07) is 0. The predicted molar refractivity (Wildman–Crippen MR) is 43.4 cm³/mol. The molecule has 0 aromatic heterocycles. The topological polar surface area (TPSA) is 66.6 Å². The lowest BCUT2D eigenvalue weighted by Crippen LogP contribution is -2.34. The van der Waals surface area contributed by atoms with E-state index in [0.29, 0.717) is 6.54 Å². The van der Waals surface area contributed by atoms with Gasteiger partial charge in [0.15, 0.2) is 0 Å². The fraction of sp³-hybridized carbons (Fsp3) is 0.857. The number of hydrogen-bond donors (Lipinski definition) is 2. The van der Waals surface area contributed by atoms with Gasteiger partial charge in [-0.25, -0.2) is 0 Å². The van der Waals surface area contributed by atoms with Crippen LogP contribution in [0.1, 0.15) is 6.92 Å². The lowest BCUT2D eigenvalue weighted by atomic mass is 10.1. The van der Waals surface area contributed by atoms with Gasteiger partial charge in [0.1, 0.15) is 0 Å². The van der Waals surface area contributed by atoms with Crippen molar-refractivity contribution in [2.45, 2.75) is 6.92 Å². The molecule has 0 spiro atoms. The molecule has 11 heavy (non-hydrogen) atoms. The smallest absolute Gasteiger partial charge is 0.309 e. The zero-order valence-electron chi connectivity index (χ0n) is 7.08. The highest BCUT2D eigenvalue weighted by Gasteiger charge is 2.16. The van der Waals surface area contributed by atoms with Crippen LogP contribution < -0.4 is 5.73 Å². The van der Waals surface area contributed by atoms with Crippen LogP contribution in [0, 0.1) is 5.92 Å². The maximum atomic E-state index is 10.5. The minimum absolute atomic E-state index is 0.208. The molecule has 0 radical (unpaired) electrons. The van der Waals surface area contributed by atoms with E-state index in [0.717, 1.165) is 6.54 Å². The Bertz CT molecular complexity index is 128. The third-order valence-corrected chi connectivity index (χ3v) is 1.71. The predicted octanol–water partition coefficient (Wildman–Crippen LogP) is -0.402. The molecule has 0 aromatic carbocycles. The molecule has 0 saturated carbocycles. The molecular weight excluding hydrogens is 144 g/mol. The summed E-state index contributed by atoms with van der Waals surface area (Å²) < 4.78 is 0. The number of carbonyl (C=O) groups is 1. The maximum Gasteiger partial charge on any atom is 0.309 e. The molecule has 1 unspecified atom stereocenters. The van der Waals surface area contributed by atoms with Crippen molar-refractivity contribution in [1.82, 2.24) is 4.90 Å². The summed E-state index contributed by atoms with van der Waals surface area (Å²) >= 11 is 0. The van der Waals surface area contributed by atoms with Gasteiger partial charge in [0, 0.05) is 13.1 Å². The third kappa shape index (κ3) is 3.95. The van der Waals surface area contributed by atoms with Crippen molar-refractivity contribution in [3.8, 4) is 0 Å². The zero-order chi connectivity index (χ0) is 8.85. The maximum absolute atomic E-state index is 10.5. The van der Waals surface area contributed by atoms with Crippen molar-refractivity contribution in [3.63, 3.8) is 0 Å². The minimum Gasteiger partial charge on any atom is -0.481 e. The first-order valence-electron chi connectivity index (χ1n) is 3.73. The van der Waals surface area contributed by atoms with Crippen LogP contribution in [0.15, 0.2) is 0 Å². The Kier molecular flexibility index (Phi) is 4.81. The molecule has 0 heterocycles. The van der Waals surface area contributed by atoms with Gasteiger partial charge in [0.2, 0.25) is 0 Å². The van der Waals surface area contributed by atoms with Gasteiger partial charge < -0.3 is 15.7 Å². The van der Waals surface area contributed by atoms with Crippen LogP contribution in [0.5, 0.6) is 0 Å². The highest BCUT2D eigenvalue weighted by atomic mass is 16.4. The molecular formula is C7H16N2O2. The minimum atomic E-state index is -0.812. The van der Waals surface area contributed by atoms with E-state index < -0.39 is 11.9 Å². The van der Waals surface area contributed by atoms with E-state index in [4.69, 9.17) is 10.8 Å². The number of nitrogens with zero attached hydrogens (tertiary/aromatic N) is 1. The van der Waals surface area contributed by atoms with Crippen molar-refractivity contribution in [2.24, 2.45) is 11.7 Å². The van der Waals surface area contributed by atoms with Gasteiger partial charge in [0.25, 0.3) is 0 Å². The average molecular weight is 160 g/mol. The van der Waals surface area contributed by atoms with Crippen LogP contribution >= 0.6 is 0 Å². The van der Waals surface area contributed by atoms with Crippen LogP contribution in [0.3, 0.4) is 0 Å². The van der Waals surface area contributed by atoms with Gasteiger partial charge in [0.05, 0.1) is 5.92 Å².